The molecule has 0 aliphatic carbocycles. The van der Waals surface area contributed by atoms with Crippen molar-refractivity contribution < 1.29 is 23.0 Å². The number of hydrogen-bond acceptors (Lipinski definition) is 2. The van der Waals surface area contributed by atoms with Gasteiger partial charge in [-0.15, -0.1) is 0 Å². The molecule has 3 unspecified atom stereocenters. The number of ether oxygens (including phenoxy) is 1. The fraction of sp³-hybridized carbons (Fsp3) is 0.571. The molecule has 106 valence electrons. The summed E-state index contributed by atoms with van der Waals surface area (Å²) in [5, 5.41) is 10.0. The van der Waals surface area contributed by atoms with Crippen molar-refractivity contribution in [1.82, 2.24) is 0 Å². The predicted molar refractivity (Wildman–Crippen MR) is 64.7 cm³/mol. The summed E-state index contributed by atoms with van der Waals surface area (Å²) in [4.78, 5) is 0. The molecular weight excluding hydrogens is 257 g/mol. The van der Waals surface area contributed by atoms with Gasteiger partial charge in [0, 0.05) is 6.42 Å². The van der Waals surface area contributed by atoms with E-state index in [4.69, 9.17) is 4.74 Å². The lowest BCUT2D eigenvalue weighted by Gasteiger charge is -2.19. The van der Waals surface area contributed by atoms with E-state index < -0.39 is 17.8 Å². The molecule has 0 spiro atoms. The normalized spacial score (nSPS) is 25.5. The first kappa shape index (κ1) is 14.3. The van der Waals surface area contributed by atoms with Crippen molar-refractivity contribution in [3.05, 3.63) is 35.4 Å². The standard InChI is InChI=1S/C14H17F3O2/c1-9-5-6-13(19-9)12(18)8-10-3-2-4-11(7-10)14(15,16)17/h2-4,7,9,12-13,18H,5-6,8H2,1H3. The molecule has 0 amide bonds. The van der Waals surface area contributed by atoms with Crippen molar-refractivity contribution in [3.63, 3.8) is 0 Å². The van der Waals surface area contributed by atoms with Gasteiger partial charge in [0.2, 0.25) is 0 Å². The third kappa shape index (κ3) is 3.70. The Hall–Kier alpha value is -1.07. The highest BCUT2D eigenvalue weighted by atomic mass is 19.4. The Kier molecular flexibility index (Phi) is 4.16. The van der Waals surface area contributed by atoms with Gasteiger partial charge in [-0.2, -0.15) is 13.2 Å². The van der Waals surface area contributed by atoms with Crippen molar-refractivity contribution in [2.45, 2.75) is 50.7 Å². The van der Waals surface area contributed by atoms with Gasteiger partial charge in [-0.05, 0) is 31.4 Å². The lowest BCUT2D eigenvalue weighted by molar-refractivity contribution is -0.137. The fourth-order valence-electron chi connectivity index (χ4n) is 2.36. The van der Waals surface area contributed by atoms with Crippen molar-refractivity contribution in [3.8, 4) is 0 Å². The second-order valence-electron chi connectivity index (χ2n) is 5.03. The summed E-state index contributed by atoms with van der Waals surface area (Å²) in [5.74, 6) is 0. The molecule has 0 radical (unpaired) electrons. The minimum atomic E-state index is -4.35. The second-order valence-corrected chi connectivity index (χ2v) is 5.03. The molecule has 0 saturated carbocycles. The van der Waals surface area contributed by atoms with Crippen LogP contribution < -0.4 is 0 Å². The fourth-order valence-corrected chi connectivity index (χ4v) is 2.36. The zero-order valence-electron chi connectivity index (χ0n) is 10.7. The van der Waals surface area contributed by atoms with Crippen LogP contribution >= 0.6 is 0 Å². The Morgan fingerprint density at radius 1 is 1.37 bits per heavy atom. The van der Waals surface area contributed by atoms with Crippen molar-refractivity contribution in [1.29, 1.82) is 0 Å². The Labute approximate surface area is 110 Å². The zero-order chi connectivity index (χ0) is 14.0. The molecule has 1 fully saturated rings. The highest BCUT2D eigenvalue weighted by Crippen LogP contribution is 2.30. The van der Waals surface area contributed by atoms with E-state index in [1.54, 1.807) is 6.07 Å². The Bertz CT molecular complexity index is 431. The summed E-state index contributed by atoms with van der Waals surface area (Å²) >= 11 is 0. The molecule has 1 heterocycles. The summed E-state index contributed by atoms with van der Waals surface area (Å²) in [6, 6.07) is 5.07. The van der Waals surface area contributed by atoms with Gasteiger partial charge in [-0.3, -0.25) is 0 Å². The topological polar surface area (TPSA) is 29.5 Å². The molecular formula is C14H17F3O2. The molecule has 2 nitrogen and oxygen atoms in total. The first-order valence-electron chi connectivity index (χ1n) is 6.36. The van der Waals surface area contributed by atoms with E-state index in [2.05, 4.69) is 0 Å². The van der Waals surface area contributed by atoms with Crippen LogP contribution in [-0.4, -0.2) is 23.4 Å². The lowest BCUT2D eigenvalue weighted by Crippen LogP contribution is -2.28. The number of rotatable bonds is 3. The van der Waals surface area contributed by atoms with Gasteiger partial charge in [0.1, 0.15) is 0 Å². The molecule has 0 bridgehead atoms. The van der Waals surface area contributed by atoms with Crippen LogP contribution in [0.5, 0.6) is 0 Å². The van der Waals surface area contributed by atoms with Gasteiger partial charge in [-0.1, -0.05) is 18.2 Å². The first-order valence-corrected chi connectivity index (χ1v) is 6.36. The molecule has 19 heavy (non-hydrogen) atoms. The quantitative estimate of drug-likeness (QED) is 0.917. The minimum Gasteiger partial charge on any atom is -0.390 e. The van der Waals surface area contributed by atoms with Crippen LogP contribution in [0.25, 0.3) is 0 Å². The SMILES string of the molecule is CC1CCC(C(O)Cc2cccc(C(F)(F)F)c2)O1. The van der Waals surface area contributed by atoms with E-state index in [9.17, 15) is 18.3 Å². The predicted octanol–water partition coefficient (Wildman–Crippen LogP) is 3.18. The maximum Gasteiger partial charge on any atom is 0.416 e. The van der Waals surface area contributed by atoms with E-state index in [0.29, 0.717) is 5.56 Å². The van der Waals surface area contributed by atoms with Crippen LogP contribution in [-0.2, 0) is 17.3 Å². The summed E-state index contributed by atoms with van der Waals surface area (Å²) in [6.45, 7) is 1.93. The Balaban J connectivity index is 2.03. The molecule has 1 aromatic rings. The largest absolute Gasteiger partial charge is 0.416 e. The van der Waals surface area contributed by atoms with E-state index >= 15 is 0 Å². The Morgan fingerprint density at radius 3 is 2.68 bits per heavy atom. The van der Waals surface area contributed by atoms with E-state index in [0.717, 1.165) is 25.0 Å². The van der Waals surface area contributed by atoms with Gasteiger partial charge in [-0.25, -0.2) is 0 Å². The maximum absolute atomic E-state index is 12.6. The summed E-state index contributed by atoms with van der Waals surface area (Å²) < 4.78 is 43.2. The van der Waals surface area contributed by atoms with Crippen molar-refractivity contribution >= 4 is 0 Å². The van der Waals surface area contributed by atoms with E-state index in [1.165, 1.54) is 6.07 Å². The molecule has 1 aliphatic heterocycles. The lowest BCUT2D eigenvalue weighted by atomic mass is 10.0. The summed E-state index contributed by atoms with van der Waals surface area (Å²) in [7, 11) is 0. The zero-order valence-corrected chi connectivity index (χ0v) is 10.7. The monoisotopic (exact) mass is 274 g/mol. The first-order chi connectivity index (χ1) is 8.86. The third-order valence-corrected chi connectivity index (χ3v) is 3.39. The average molecular weight is 274 g/mol. The molecule has 2 rings (SSSR count). The van der Waals surface area contributed by atoms with E-state index in [1.807, 2.05) is 6.92 Å². The van der Waals surface area contributed by atoms with Crippen LogP contribution in [0.3, 0.4) is 0 Å². The average Bonchev–Trinajstić information content (AvgIpc) is 2.75. The van der Waals surface area contributed by atoms with Gasteiger partial charge < -0.3 is 9.84 Å². The second kappa shape index (κ2) is 5.51. The van der Waals surface area contributed by atoms with Gasteiger partial charge >= 0.3 is 6.18 Å². The van der Waals surface area contributed by atoms with Gasteiger partial charge in [0.05, 0.1) is 23.9 Å². The van der Waals surface area contributed by atoms with E-state index in [-0.39, 0.29) is 18.6 Å². The van der Waals surface area contributed by atoms with Gasteiger partial charge in [0.25, 0.3) is 0 Å². The third-order valence-electron chi connectivity index (χ3n) is 3.39. The molecule has 1 aliphatic rings. The van der Waals surface area contributed by atoms with Crippen LogP contribution in [0.4, 0.5) is 13.2 Å². The molecule has 3 atom stereocenters. The molecule has 0 aromatic heterocycles. The number of aliphatic hydroxyl groups is 1. The minimum absolute atomic E-state index is 0.112. The van der Waals surface area contributed by atoms with Crippen molar-refractivity contribution in [2.24, 2.45) is 0 Å². The van der Waals surface area contributed by atoms with Crippen LogP contribution in [0, 0.1) is 0 Å². The maximum atomic E-state index is 12.6. The number of aliphatic hydroxyl groups excluding tert-OH is 1. The number of benzene rings is 1. The van der Waals surface area contributed by atoms with Crippen LogP contribution in [0.2, 0.25) is 0 Å². The smallest absolute Gasteiger partial charge is 0.390 e. The van der Waals surface area contributed by atoms with Crippen molar-refractivity contribution in [2.75, 3.05) is 0 Å². The molecule has 5 heteroatoms. The highest BCUT2D eigenvalue weighted by Gasteiger charge is 2.31. The number of halogens is 3. The summed E-state index contributed by atoms with van der Waals surface area (Å²) in [6.07, 6.45) is -3.45. The number of alkyl halides is 3. The number of hydrogen-bond donors (Lipinski definition) is 1. The van der Waals surface area contributed by atoms with Gasteiger partial charge in [0.15, 0.2) is 0 Å². The van der Waals surface area contributed by atoms with Crippen LogP contribution in [0.15, 0.2) is 24.3 Å². The van der Waals surface area contributed by atoms with Crippen LogP contribution in [0.1, 0.15) is 30.9 Å². The Morgan fingerprint density at radius 2 is 2.11 bits per heavy atom. The highest BCUT2D eigenvalue weighted by molar-refractivity contribution is 5.26. The molecule has 1 N–H and O–H groups in total. The molecule has 1 aromatic carbocycles. The molecule has 1 saturated heterocycles. The summed E-state index contributed by atoms with van der Waals surface area (Å²) in [5.41, 5.74) is -0.205.